The van der Waals surface area contributed by atoms with Gasteiger partial charge in [0.1, 0.15) is 18.2 Å². The Labute approximate surface area is 193 Å². The van der Waals surface area contributed by atoms with Crippen molar-refractivity contribution in [1.29, 1.82) is 0 Å². The second-order valence-corrected chi connectivity index (χ2v) is 8.86. The second kappa shape index (κ2) is 9.35. The van der Waals surface area contributed by atoms with Crippen molar-refractivity contribution >= 4 is 34.2 Å². The molecule has 0 spiro atoms. The van der Waals surface area contributed by atoms with E-state index in [1.54, 1.807) is 0 Å². The summed E-state index contributed by atoms with van der Waals surface area (Å²) in [4.78, 5) is 22.4. The number of nitrogens with zero attached hydrogens (tertiary/aromatic N) is 3. The zero-order valence-electron chi connectivity index (χ0n) is 18.0. The lowest BCUT2D eigenvalue weighted by atomic mass is 10.1. The lowest BCUT2D eigenvalue weighted by molar-refractivity contribution is 0.0952. The monoisotopic (exact) mass is 450 g/mol. The number of carbonyl (C=O) groups excluding carboxylic acids is 1. The highest BCUT2D eigenvalue weighted by molar-refractivity contribution is 6.30. The number of para-hydroxylation sites is 1. The zero-order chi connectivity index (χ0) is 21.9. The number of hydrogen-bond acceptors (Lipinski definition) is 5. The summed E-state index contributed by atoms with van der Waals surface area (Å²) >= 11 is 5.92. The normalized spacial score (nSPS) is 16.8. The summed E-state index contributed by atoms with van der Waals surface area (Å²) in [7, 11) is 0. The Morgan fingerprint density at radius 2 is 1.81 bits per heavy atom. The van der Waals surface area contributed by atoms with Crippen molar-refractivity contribution in [2.24, 2.45) is 0 Å². The van der Waals surface area contributed by atoms with Gasteiger partial charge in [0.25, 0.3) is 5.91 Å². The molecule has 0 unspecified atom stereocenters. The maximum atomic E-state index is 12.9. The summed E-state index contributed by atoms with van der Waals surface area (Å²) in [5.74, 6) is 1.72. The fourth-order valence-electron chi connectivity index (χ4n) is 4.03. The number of carbonyl (C=O) groups is 1. The molecule has 166 valence electrons. The van der Waals surface area contributed by atoms with Gasteiger partial charge < -0.3 is 15.0 Å². The fraction of sp³-hybridized carbons (Fsp3) is 0.360. The van der Waals surface area contributed by atoms with Gasteiger partial charge in [-0.25, -0.2) is 4.98 Å². The van der Waals surface area contributed by atoms with Crippen LogP contribution in [0, 0.1) is 0 Å². The molecule has 7 heteroatoms. The van der Waals surface area contributed by atoms with Gasteiger partial charge in [-0.1, -0.05) is 29.8 Å². The molecule has 2 aromatic carbocycles. The highest BCUT2D eigenvalue weighted by Gasteiger charge is 2.26. The SMILES string of the molecule is O=C(NC1CC1)c1cc(N2CCN(CCOc3ccc(Cl)cc3)CC2)nc2ccccc12. The van der Waals surface area contributed by atoms with E-state index in [0.29, 0.717) is 17.7 Å². The van der Waals surface area contributed by atoms with Gasteiger partial charge in [-0.05, 0) is 49.2 Å². The summed E-state index contributed by atoms with van der Waals surface area (Å²) in [5, 5.41) is 4.75. The van der Waals surface area contributed by atoms with E-state index >= 15 is 0 Å². The summed E-state index contributed by atoms with van der Waals surface area (Å²) in [6, 6.07) is 17.6. The van der Waals surface area contributed by atoms with E-state index in [2.05, 4.69) is 15.1 Å². The highest BCUT2D eigenvalue weighted by Crippen LogP contribution is 2.26. The molecule has 0 atom stereocenters. The smallest absolute Gasteiger partial charge is 0.252 e. The number of rotatable bonds is 7. The van der Waals surface area contributed by atoms with Crippen molar-refractivity contribution < 1.29 is 9.53 Å². The van der Waals surface area contributed by atoms with Gasteiger partial charge in [0, 0.05) is 49.2 Å². The quantitative estimate of drug-likeness (QED) is 0.590. The van der Waals surface area contributed by atoms with Crippen LogP contribution >= 0.6 is 11.6 Å². The molecule has 0 bridgehead atoms. The Morgan fingerprint density at radius 1 is 1.06 bits per heavy atom. The number of amides is 1. The van der Waals surface area contributed by atoms with E-state index in [9.17, 15) is 4.79 Å². The molecule has 2 heterocycles. The summed E-state index contributed by atoms with van der Waals surface area (Å²) in [6.45, 7) is 5.12. The molecule has 2 fully saturated rings. The molecule has 0 radical (unpaired) electrons. The molecule has 2 aliphatic rings. The predicted octanol–water partition coefficient (Wildman–Crippen LogP) is 3.98. The maximum absolute atomic E-state index is 12.9. The van der Waals surface area contributed by atoms with Gasteiger partial charge in [-0.3, -0.25) is 9.69 Å². The number of nitrogens with one attached hydrogen (secondary N) is 1. The first-order chi connectivity index (χ1) is 15.7. The van der Waals surface area contributed by atoms with Gasteiger partial charge >= 0.3 is 0 Å². The van der Waals surface area contributed by atoms with Crippen LogP contribution in [-0.4, -0.2) is 61.2 Å². The first-order valence-electron chi connectivity index (χ1n) is 11.2. The van der Waals surface area contributed by atoms with E-state index in [4.69, 9.17) is 21.3 Å². The van der Waals surface area contributed by atoms with Crippen LogP contribution in [0.25, 0.3) is 10.9 Å². The van der Waals surface area contributed by atoms with E-state index in [0.717, 1.165) is 73.6 Å². The molecule has 1 aliphatic carbocycles. The minimum Gasteiger partial charge on any atom is -0.492 e. The predicted molar refractivity (Wildman–Crippen MR) is 128 cm³/mol. The Bertz CT molecular complexity index is 1090. The third kappa shape index (κ3) is 4.97. The molecule has 1 N–H and O–H groups in total. The Balaban J connectivity index is 1.21. The van der Waals surface area contributed by atoms with E-state index in [1.807, 2.05) is 54.6 Å². The average Bonchev–Trinajstić information content (AvgIpc) is 3.64. The number of fused-ring (bicyclic) bond motifs is 1. The second-order valence-electron chi connectivity index (χ2n) is 8.42. The van der Waals surface area contributed by atoms with Gasteiger partial charge in [-0.15, -0.1) is 0 Å². The molecule has 1 saturated carbocycles. The molecular weight excluding hydrogens is 424 g/mol. The van der Waals surface area contributed by atoms with Crippen molar-refractivity contribution in [2.75, 3.05) is 44.2 Å². The van der Waals surface area contributed by atoms with Crippen molar-refractivity contribution in [3.8, 4) is 5.75 Å². The zero-order valence-corrected chi connectivity index (χ0v) is 18.7. The molecule has 6 nitrogen and oxygen atoms in total. The van der Waals surface area contributed by atoms with Crippen molar-refractivity contribution in [2.45, 2.75) is 18.9 Å². The number of pyridine rings is 1. The minimum atomic E-state index is 0.00494. The average molecular weight is 451 g/mol. The summed E-state index contributed by atoms with van der Waals surface area (Å²) in [5.41, 5.74) is 1.58. The third-order valence-corrected chi connectivity index (χ3v) is 6.30. The molecule has 1 aliphatic heterocycles. The topological polar surface area (TPSA) is 57.7 Å². The van der Waals surface area contributed by atoms with Gasteiger partial charge in [0.15, 0.2) is 0 Å². The van der Waals surface area contributed by atoms with E-state index < -0.39 is 0 Å². The molecule has 1 aromatic heterocycles. The number of piperazine rings is 1. The third-order valence-electron chi connectivity index (χ3n) is 6.05. The first kappa shape index (κ1) is 21.0. The number of benzene rings is 2. The molecule has 1 saturated heterocycles. The van der Waals surface area contributed by atoms with Crippen LogP contribution in [0.4, 0.5) is 5.82 Å². The molecule has 3 aromatic rings. The minimum absolute atomic E-state index is 0.00494. The van der Waals surface area contributed by atoms with Crippen LogP contribution in [0.5, 0.6) is 5.75 Å². The van der Waals surface area contributed by atoms with Crippen LogP contribution in [0.1, 0.15) is 23.2 Å². The van der Waals surface area contributed by atoms with E-state index in [-0.39, 0.29) is 5.91 Å². The number of aromatic nitrogens is 1. The van der Waals surface area contributed by atoms with Crippen LogP contribution in [0.2, 0.25) is 5.02 Å². The maximum Gasteiger partial charge on any atom is 0.252 e. The standard InChI is InChI=1S/C25H27ClN4O2/c26-18-5-9-20(10-6-18)32-16-15-29-11-13-30(14-12-29)24-17-22(25(31)27-19-7-8-19)21-3-1-2-4-23(21)28-24/h1-6,9-10,17,19H,7-8,11-16H2,(H,27,31). The summed E-state index contributed by atoms with van der Waals surface area (Å²) in [6.07, 6.45) is 2.15. The lowest BCUT2D eigenvalue weighted by Crippen LogP contribution is -2.47. The van der Waals surface area contributed by atoms with Crippen molar-refractivity contribution in [3.63, 3.8) is 0 Å². The summed E-state index contributed by atoms with van der Waals surface area (Å²) < 4.78 is 5.83. The van der Waals surface area contributed by atoms with Crippen LogP contribution in [0.3, 0.4) is 0 Å². The number of ether oxygens (including phenoxy) is 1. The van der Waals surface area contributed by atoms with Crippen molar-refractivity contribution in [3.05, 3.63) is 65.2 Å². The first-order valence-corrected chi connectivity index (χ1v) is 11.6. The molecule has 5 rings (SSSR count). The van der Waals surface area contributed by atoms with Gasteiger partial charge in [0.05, 0.1) is 11.1 Å². The molecule has 1 amide bonds. The van der Waals surface area contributed by atoms with Crippen molar-refractivity contribution in [1.82, 2.24) is 15.2 Å². The highest BCUT2D eigenvalue weighted by atomic mass is 35.5. The Kier molecular flexibility index (Phi) is 6.14. The largest absolute Gasteiger partial charge is 0.492 e. The van der Waals surface area contributed by atoms with Crippen LogP contribution in [0.15, 0.2) is 54.6 Å². The number of halogens is 1. The van der Waals surface area contributed by atoms with E-state index in [1.165, 1.54) is 0 Å². The fourth-order valence-corrected chi connectivity index (χ4v) is 4.15. The van der Waals surface area contributed by atoms with Crippen LogP contribution in [-0.2, 0) is 0 Å². The number of hydrogen-bond donors (Lipinski definition) is 1. The Morgan fingerprint density at radius 3 is 2.56 bits per heavy atom. The molecule has 32 heavy (non-hydrogen) atoms. The lowest BCUT2D eigenvalue weighted by Gasteiger charge is -2.35. The Hall–Kier alpha value is -2.83. The van der Waals surface area contributed by atoms with Gasteiger partial charge in [-0.2, -0.15) is 0 Å². The number of anilines is 1. The van der Waals surface area contributed by atoms with Gasteiger partial charge in [0.2, 0.25) is 0 Å². The molecular formula is C25H27ClN4O2. The van der Waals surface area contributed by atoms with Crippen LogP contribution < -0.4 is 15.0 Å².